The van der Waals surface area contributed by atoms with Crippen LogP contribution >= 0.6 is 0 Å². The number of hydrogen-bond donors (Lipinski definition) is 2. The molecule has 0 aliphatic carbocycles. The van der Waals surface area contributed by atoms with Crippen molar-refractivity contribution in [1.82, 2.24) is 0 Å². The summed E-state index contributed by atoms with van der Waals surface area (Å²) in [7, 11) is 2.23. The van der Waals surface area contributed by atoms with E-state index in [1.165, 1.54) is 28.9 Å². The van der Waals surface area contributed by atoms with Crippen LogP contribution in [-0.2, 0) is 17.7 Å². The number of ether oxygens (including phenoxy) is 1. The summed E-state index contributed by atoms with van der Waals surface area (Å²) in [5.74, 6) is 2.12. The van der Waals surface area contributed by atoms with Crippen LogP contribution in [0.15, 0.2) is 0 Å². The van der Waals surface area contributed by atoms with E-state index in [1.54, 1.807) is 0 Å². The van der Waals surface area contributed by atoms with Gasteiger partial charge in [0.15, 0.2) is 0 Å². The van der Waals surface area contributed by atoms with Gasteiger partial charge in [0.05, 0.1) is 44.9 Å². The van der Waals surface area contributed by atoms with E-state index in [1.807, 2.05) is 0 Å². The van der Waals surface area contributed by atoms with Crippen molar-refractivity contribution < 1.29 is 14.6 Å². The lowest BCUT2D eigenvalue weighted by molar-refractivity contribution is -0.895. The van der Waals surface area contributed by atoms with Crippen LogP contribution in [0.4, 0.5) is 11.6 Å². The Labute approximate surface area is 149 Å². The Hall–Kier alpha value is -1.84. The van der Waals surface area contributed by atoms with Gasteiger partial charge in [-0.05, 0) is 31.2 Å². The maximum Gasteiger partial charge on any atom is 0.240 e. The van der Waals surface area contributed by atoms with Gasteiger partial charge in [0, 0.05) is 13.0 Å². The summed E-state index contributed by atoms with van der Waals surface area (Å²) >= 11 is 0. The molecule has 3 N–H and O–H groups in total. The number of rotatable bonds is 4. The normalized spacial score (nSPS) is 25.7. The van der Waals surface area contributed by atoms with Crippen LogP contribution in [0.1, 0.15) is 42.4 Å². The Morgan fingerprint density at radius 3 is 2.88 bits per heavy atom. The molecule has 0 bridgehead atoms. The van der Waals surface area contributed by atoms with E-state index in [9.17, 15) is 5.26 Å². The van der Waals surface area contributed by atoms with Crippen molar-refractivity contribution in [3.8, 4) is 6.07 Å². The van der Waals surface area contributed by atoms with E-state index < -0.39 is 0 Å². The first-order valence-corrected chi connectivity index (χ1v) is 9.69. The van der Waals surface area contributed by atoms with Crippen molar-refractivity contribution >= 4 is 11.6 Å². The maximum absolute atomic E-state index is 9.85. The van der Waals surface area contributed by atoms with Crippen LogP contribution in [-0.4, -0.2) is 45.9 Å². The second-order valence-corrected chi connectivity index (χ2v) is 7.64. The largest absolute Gasteiger partial charge is 0.375 e. The SMILES string of the molecule is C[NH+]1CCc2c(C#N)c(N3CCCC3)[nH+]c(NC[C@H]3CCCO3)c2C1. The quantitative estimate of drug-likeness (QED) is 0.816. The molecule has 3 aliphatic rings. The Kier molecular flexibility index (Phi) is 4.78. The molecule has 25 heavy (non-hydrogen) atoms. The first kappa shape index (κ1) is 16.6. The van der Waals surface area contributed by atoms with E-state index >= 15 is 0 Å². The molecule has 2 saturated heterocycles. The van der Waals surface area contributed by atoms with Gasteiger partial charge in [-0.25, -0.2) is 4.98 Å². The minimum Gasteiger partial charge on any atom is -0.375 e. The lowest BCUT2D eigenvalue weighted by Gasteiger charge is -2.26. The molecule has 1 unspecified atom stereocenters. The highest BCUT2D eigenvalue weighted by Crippen LogP contribution is 2.29. The smallest absolute Gasteiger partial charge is 0.240 e. The molecule has 6 heteroatoms. The van der Waals surface area contributed by atoms with Crippen molar-refractivity contribution in [2.45, 2.75) is 44.8 Å². The highest BCUT2D eigenvalue weighted by atomic mass is 16.5. The predicted octanol–water partition coefficient (Wildman–Crippen LogP) is 0.134. The van der Waals surface area contributed by atoms with Crippen molar-refractivity contribution in [2.24, 2.45) is 0 Å². The van der Waals surface area contributed by atoms with Crippen molar-refractivity contribution in [3.63, 3.8) is 0 Å². The molecule has 1 aromatic rings. The van der Waals surface area contributed by atoms with Gasteiger partial charge >= 0.3 is 0 Å². The second kappa shape index (κ2) is 7.19. The summed E-state index contributed by atoms with van der Waals surface area (Å²) in [6, 6.07) is 2.51. The first-order chi connectivity index (χ1) is 12.3. The molecular weight excluding hydrogens is 314 g/mol. The molecule has 1 aromatic heterocycles. The Morgan fingerprint density at radius 1 is 1.32 bits per heavy atom. The number of nitrogens with zero attached hydrogens (tertiary/aromatic N) is 2. The van der Waals surface area contributed by atoms with Gasteiger partial charge in [0.2, 0.25) is 11.6 Å². The molecule has 0 spiro atoms. The average molecular weight is 343 g/mol. The summed E-state index contributed by atoms with van der Waals surface area (Å²) < 4.78 is 5.77. The van der Waals surface area contributed by atoms with E-state index in [-0.39, 0.29) is 0 Å². The molecular formula is C19H29N5O+2. The van der Waals surface area contributed by atoms with Gasteiger partial charge in [0.1, 0.15) is 18.2 Å². The van der Waals surface area contributed by atoms with Crippen LogP contribution in [0.2, 0.25) is 0 Å². The first-order valence-electron chi connectivity index (χ1n) is 9.69. The number of quaternary nitrogens is 1. The Bertz CT molecular complexity index is 671. The third kappa shape index (κ3) is 3.31. The summed E-state index contributed by atoms with van der Waals surface area (Å²) in [5, 5.41) is 13.5. The monoisotopic (exact) mass is 343 g/mol. The lowest BCUT2D eigenvalue weighted by atomic mass is 9.95. The number of aromatic nitrogens is 1. The zero-order chi connectivity index (χ0) is 17.2. The summed E-state index contributed by atoms with van der Waals surface area (Å²) in [6.07, 6.45) is 6.00. The van der Waals surface area contributed by atoms with Crippen molar-refractivity contribution in [3.05, 3.63) is 16.7 Å². The zero-order valence-electron chi connectivity index (χ0n) is 15.2. The molecule has 134 valence electrons. The Balaban J connectivity index is 1.69. The van der Waals surface area contributed by atoms with Gasteiger partial charge in [-0.15, -0.1) is 0 Å². The molecule has 0 amide bonds. The summed E-state index contributed by atoms with van der Waals surface area (Å²) in [4.78, 5) is 7.45. The molecule has 4 heterocycles. The molecule has 3 aliphatic heterocycles. The molecule has 2 fully saturated rings. The molecule has 0 aromatic carbocycles. The summed E-state index contributed by atoms with van der Waals surface area (Å²) in [5.41, 5.74) is 3.41. The predicted molar refractivity (Wildman–Crippen MR) is 95.8 cm³/mol. The van der Waals surface area contributed by atoms with Crippen LogP contribution in [0.5, 0.6) is 0 Å². The minimum atomic E-state index is 0.309. The molecule has 0 saturated carbocycles. The maximum atomic E-state index is 9.85. The lowest BCUT2D eigenvalue weighted by Crippen LogP contribution is -3.08. The number of nitriles is 1. The van der Waals surface area contributed by atoms with E-state index in [0.29, 0.717) is 6.10 Å². The van der Waals surface area contributed by atoms with Crippen LogP contribution < -0.4 is 20.1 Å². The molecule has 6 nitrogen and oxygen atoms in total. The number of anilines is 2. The van der Waals surface area contributed by atoms with Gasteiger partial charge in [0.25, 0.3) is 0 Å². The molecule has 2 atom stereocenters. The van der Waals surface area contributed by atoms with Gasteiger partial charge in [-0.1, -0.05) is 0 Å². The van der Waals surface area contributed by atoms with E-state index in [4.69, 9.17) is 4.74 Å². The fourth-order valence-corrected chi connectivity index (χ4v) is 4.37. The van der Waals surface area contributed by atoms with Gasteiger partial charge < -0.3 is 15.0 Å². The van der Waals surface area contributed by atoms with Crippen molar-refractivity contribution in [1.29, 1.82) is 5.26 Å². The fourth-order valence-electron chi connectivity index (χ4n) is 4.37. The molecule has 0 radical (unpaired) electrons. The fraction of sp³-hybridized carbons (Fsp3) is 0.684. The number of H-pyrrole nitrogens is 1. The number of nitrogens with one attached hydrogen (secondary N) is 3. The minimum absolute atomic E-state index is 0.309. The number of aromatic amines is 1. The third-order valence-electron chi connectivity index (χ3n) is 5.79. The highest BCUT2D eigenvalue weighted by Gasteiger charge is 2.32. The number of likely N-dealkylation sites (N-methyl/N-ethyl adjacent to an activating group) is 1. The summed E-state index contributed by atoms with van der Waals surface area (Å²) in [6.45, 7) is 5.87. The molecule has 4 rings (SSSR count). The average Bonchev–Trinajstić information content (AvgIpc) is 3.32. The van der Waals surface area contributed by atoms with Gasteiger partial charge in [-0.3, -0.25) is 4.90 Å². The third-order valence-corrected chi connectivity index (χ3v) is 5.79. The van der Waals surface area contributed by atoms with Crippen molar-refractivity contribution in [2.75, 3.05) is 50.1 Å². The topological polar surface area (TPSA) is 66.9 Å². The van der Waals surface area contributed by atoms with Crippen LogP contribution in [0, 0.1) is 11.3 Å². The van der Waals surface area contributed by atoms with E-state index in [0.717, 1.165) is 75.8 Å². The second-order valence-electron chi connectivity index (χ2n) is 7.64. The Morgan fingerprint density at radius 2 is 2.16 bits per heavy atom. The number of pyridine rings is 1. The van der Waals surface area contributed by atoms with Crippen LogP contribution in [0.25, 0.3) is 0 Å². The van der Waals surface area contributed by atoms with Gasteiger partial charge in [-0.2, -0.15) is 5.26 Å². The van der Waals surface area contributed by atoms with E-state index in [2.05, 4.69) is 28.3 Å². The van der Waals surface area contributed by atoms with Crippen LogP contribution in [0.3, 0.4) is 0 Å². The number of hydrogen-bond acceptors (Lipinski definition) is 4. The highest BCUT2D eigenvalue weighted by molar-refractivity contribution is 5.62. The zero-order valence-corrected chi connectivity index (χ0v) is 15.2. The standard InChI is InChI=1S/C19H27N5O/c1-23-9-6-15-16(11-20)19(24-7-2-3-8-24)22-18(17(15)13-23)21-12-14-5-4-10-25-14/h14H,2-10,12-13H2,1H3,(H,21,22)/p+2/t14-/m1/s1. The number of fused-ring (bicyclic) bond motifs is 1.